The zero-order chi connectivity index (χ0) is 31.7. The van der Waals surface area contributed by atoms with Crippen LogP contribution in [0.1, 0.15) is 50.5 Å². The molecule has 4 aromatic rings. The number of fused-ring (bicyclic) bond motifs is 1. The van der Waals surface area contributed by atoms with E-state index in [4.69, 9.17) is 9.72 Å². The number of amides is 5. The van der Waals surface area contributed by atoms with Gasteiger partial charge in [0.05, 0.1) is 17.1 Å². The fraction of sp³-hybridized carbons (Fsp3) is 0.371. The molecule has 3 heterocycles. The lowest BCUT2D eigenvalue weighted by Crippen LogP contribution is -2.47. The highest BCUT2D eigenvalue weighted by Crippen LogP contribution is 2.37. The first-order valence-corrected chi connectivity index (χ1v) is 15.6. The number of nitrogens with zero attached hydrogens (tertiary/aromatic N) is 5. The summed E-state index contributed by atoms with van der Waals surface area (Å²) in [5.41, 5.74) is 3.52. The van der Waals surface area contributed by atoms with Crippen LogP contribution in [-0.2, 0) is 11.8 Å². The van der Waals surface area contributed by atoms with Crippen LogP contribution in [0.2, 0.25) is 0 Å². The van der Waals surface area contributed by atoms with Crippen molar-refractivity contribution in [3.8, 4) is 11.5 Å². The van der Waals surface area contributed by atoms with E-state index in [1.165, 1.54) is 9.80 Å². The van der Waals surface area contributed by atoms with Crippen LogP contribution in [0.5, 0.6) is 11.5 Å². The Morgan fingerprint density at radius 2 is 1.67 bits per heavy atom. The SMILES string of the molecule is Cc1ccc2nc([C@H](CC3CCN(C(=O)NC(C)C)CC3)N3C(=O)CN(c4ccc(Oc5ccccc5)cc4)C3=O)n(C)c2c1. The Labute approximate surface area is 263 Å². The van der Waals surface area contributed by atoms with Gasteiger partial charge in [0.25, 0.3) is 5.91 Å². The van der Waals surface area contributed by atoms with E-state index < -0.39 is 6.04 Å². The predicted octanol–water partition coefficient (Wildman–Crippen LogP) is 6.40. The number of aromatic nitrogens is 2. The second kappa shape index (κ2) is 12.6. The third-order valence-electron chi connectivity index (χ3n) is 8.68. The highest BCUT2D eigenvalue weighted by molar-refractivity contribution is 6.12. The van der Waals surface area contributed by atoms with Gasteiger partial charge in [-0.15, -0.1) is 0 Å². The maximum atomic E-state index is 14.1. The van der Waals surface area contributed by atoms with Gasteiger partial charge in [0.2, 0.25) is 0 Å². The second-order valence-electron chi connectivity index (χ2n) is 12.3. The number of carbonyl (C=O) groups is 3. The molecule has 45 heavy (non-hydrogen) atoms. The van der Waals surface area contributed by atoms with E-state index in [0.717, 1.165) is 35.2 Å². The number of imide groups is 1. The molecule has 2 saturated heterocycles. The molecule has 10 nitrogen and oxygen atoms in total. The number of ether oxygens (including phenoxy) is 1. The minimum Gasteiger partial charge on any atom is -0.457 e. The lowest BCUT2D eigenvalue weighted by molar-refractivity contribution is -0.127. The van der Waals surface area contributed by atoms with Gasteiger partial charge in [-0.05, 0) is 100 Å². The van der Waals surface area contributed by atoms with Crippen molar-refractivity contribution in [2.45, 2.75) is 52.1 Å². The number of hydrogen-bond donors (Lipinski definition) is 1. The quantitative estimate of drug-likeness (QED) is 0.233. The molecule has 1 atom stereocenters. The number of nitrogens with one attached hydrogen (secondary N) is 1. The normalized spacial score (nSPS) is 16.6. The van der Waals surface area contributed by atoms with Crippen molar-refractivity contribution < 1.29 is 19.1 Å². The van der Waals surface area contributed by atoms with Gasteiger partial charge < -0.3 is 19.5 Å². The summed E-state index contributed by atoms with van der Waals surface area (Å²) in [6, 6.07) is 21.9. The van der Waals surface area contributed by atoms with Crippen LogP contribution < -0.4 is 15.0 Å². The minimum absolute atomic E-state index is 0.0496. The molecule has 0 radical (unpaired) electrons. The van der Waals surface area contributed by atoms with Gasteiger partial charge >= 0.3 is 12.1 Å². The summed E-state index contributed by atoms with van der Waals surface area (Å²) in [7, 11) is 1.95. The van der Waals surface area contributed by atoms with Crippen molar-refractivity contribution in [1.29, 1.82) is 0 Å². The standard InChI is InChI=1S/C35H40N6O4/c1-23(2)36-34(43)39-18-16-25(17-19-39)21-31(33-37-29-15-10-24(3)20-30(29)38(33)4)41-32(42)22-40(35(41)44)26-11-13-28(14-12-26)45-27-8-6-5-7-9-27/h5-15,20,23,25,31H,16-19,21-22H2,1-4H3,(H,36,43)/t31-/m0/s1. The van der Waals surface area contributed by atoms with E-state index in [-0.39, 0.29) is 36.5 Å². The number of imidazole rings is 1. The van der Waals surface area contributed by atoms with Gasteiger partial charge in [-0.1, -0.05) is 24.3 Å². The zero-order valence-corrected chi connectivity index (χ0v) is 26.3. The smallest absolute Gasteiger partial charge is 0.332 e. The number of aryl methyl sites for hydroxylation is 2. The second-order valence-corrected chi connectivity index (χ2v) is 12.3. The van der Waals surface area contributed by atoms with Gasteiger partial charge in [0.1, 0.15) is 23.9 Å². The number of benzene rings is 3. The number of piperidine rings is 1. The summed E-state index contributed by atoms with van der Waals surface area (Å²) in [5, 5.41) is 2.98. The maximum Gasteiger partial charge on any atom is 0.332 e. The van der Waals surface area contributed by atoms with E-state index in [1.54, 1.807) is 24.3 Å². The Bertz CT molecular complexity index is 1690. The van der Waals surface area contributed by atoms with Crippen LogP contribution in [0.3, 0.4) is 0 Å². The van der Waals surface area contributed by atoms with Crippen LogP contribution in [0.4, 0.5) is 15.3 Å². The molecule has 6 rings (SSSR count). The molecule has 234 valence electrons. The summed E-state index contributed by atoms with van der Waals surface area (Å²) in [5.74, 6) is 2.00. The van der Waals surface area contributed by atoms with Crippen LogP contribution in [0.15, 0.2) is 72.8 Å². The molecule has 0 aliphatic carbocycles. The van der Waals surface area contributed by atoms with Gasteiger partial charge in [-0.2, -0.15) is 0 Å². The Morgan fingerprint density at radius 3 is 2.36 bits per heavy atom. The molecular formula is C35H40N6O4. The van der Waals surface area contributed by atoms with E-state index in [2.05, 4.69) is 11.4 Å². The van der Waals surface area contributed by atoms with E-state index in [9.17, 15) is 14.4 Å². The van der Waals surface area contributed by atoms with Gasteiger partial charge in [-0.3, -0.25) is 14.6 Å². The fourth-order valence-electron chi connectivity index (χ4n) is 6.31. The van der Waals surface area contributed by atoms with Crippen molar-refractivity contribution in [3.63, 3.8) is 0 Å². The summed E-state index contributed by atoms with van der Waals surface area (Å²) in [6.07, 6.45) is 2.15. The highest BCUT2D eigenvalue weighted by Gasteiger charge is 2.44. The maximum absolute atomic E-state index is 14.1. The third-order valence-corrected chi connectivity index (χ3v) is 8.68. The summed E-state index contributed by atoms with van der Waals surface area (Å²) in [4.78, 5) is 50.1. The molecule has 10 heteroatoms. The van der Waals surface area contributed by atoms with Crippen molar-refractivity contribution in [2.75, 3.05) is 24.5 Å². The average molecular weight is 609 g/mol. The predicted molar refractivity (Wildman–Crippen MR) is 173 cm³/mol. The number of urea groups is 2. The molecule has 3 aromatic carbocycles. The van der Waals surface area contributed by atoms with Crippen molar-refractivity contribution in [1.82, 2.24) is 24.7 Å². The number of likely N-dealkylation sites (tertiary alicyclic amines) is 1. The zero-order valence-electron chi connectivity index (χ0n) is 26.3. The van der Waals surface area contributed by atoms with Crippen LogP contribution in [0.25, 0.3) is 11.0 Å². The number of anilines is 1. The Balaban J connectivity index is 1.25. The van der Waals surface area contributed by atoms with Gasteiger partial charge in [-0.25, -0.2) is 14.6 Å². The molecule has 2 aliphatic heterocycles. The molecule has 0 spiro atoms. The molecule has 1 N–H and O–H groups in total. The van der Waals surface area contributed by atoms with Gasteiger partial charge in [0, 0.05) is 31.9 Å². The monoisotopic (exact) mass is 608 g/mol. The molecule has 0 bridgehead atoms. The summed E-state index contributed by atoms with van der Waals surface area (Å²) >= 11 is 0. The van der Waals surface area contributed by atoms with Gasteiger partial charge in [0.15, 0.2) is 0 Å². The van der Waals surface area contributed by atoms with Crippen LogP contribution in [0, 0.1) is 12.8 Å². The number of hydrogen-bond acceptors (Lipinski definition) is 5. The topological polar surface area (TPSA) is 100 Å². The van der Waals surface area contributed by atoms with E-state index >= 15 is 0 Å². The largest absolute Gasteiger partial charge is 0.457 e. The first-order valence-electron chi connectivity index (χ1n) is 15.6. The lowest BCUT2D eigenvalue weighted by Gasteiger charge is -2.35. The highest BCUT2D eigenvalue weighted by atomic mass is 16.5. The first kappa shape index (κ1) is 30.2. The average Bonchev–Trinajstić information content (AvgIpc) is 3.51. The Hall–Kier alpha value is -4.86. The van der Waals surface area contributed by atoms with Crippen molar-refractivity contribution in [2.24, 2.45) is 13.0 Å². The van der Waals surface area contributed by atoms with Crippen molar-refractivity contribution >= 4 is 34.7 Å². The van der Waals surface area contributed by atoms with E-state index in [0.29, 0.717) is 36.8 Å². The first-order chi connectivity index (χ1) is 21.7. The van der Waals surface area contributed by atoms with Crippen LogP contribution >= 0.6 is 0 Å². The third kappa shape index (κ3) is 6.36. The molecule has 0 unspecified atom stereocenters. The molecule has 1 aromatic heterocycles. The number of para-hydroxylation sites is 1. The van der Waals surface area contributed by atoms with E-state index in [1.807, 2.05) is 79.8 Å². The number of carbonyl (C=O) groups excluding carboxylic acids is 3. The van der Waals surface area contributed by atoms with Crippen molar-refractivity contribution in [3.05, 3.63) is 84.2 Å². The summed E-state index contributed by atoms with van der Waals surface area (Å²) in [6.45, 7) is 7.15. The fourth-order valence-corrected chi connectivity index (χ4v) is 6.31. The molecule has 2 fully saturated rings. The number of rotatable bonds is 8. The molecule has 5 amide bonds. The van der Waals surface area contributed by atoms with Crippen LogP contribution in [-0.4, -0.2) is 63.0 Å². The molecule has 0 saturated carbocycles. The minimum atomic E-state index is -0.547. The summed E-state index contributed by atoms with van der Waals surface area (Å²) < 4.78 is 7.93. The molecular weight excluding hydrogens is 568 g/mol. The lowest BCUT2D eigenvalue weighted by atomic mass is 9.89. The Kier molecular flexibility index (Phi) is 8.47. The molecule has 2 aliphatic rings. The Morgan fingerprint density at radius 1 is 0.978 bits per heavy atom.